The maximum absolute atomic E-state index is 4.35. The van der Waals surface area contributed by atoms with Gasteiger partial charge in [0.2, 0.25) is 0 Å². The maximum Gasteiger partial charge on any atom is 0.0924 e. The molecule has 18 heavy (non-hydrogen) atoms. The fraction of sp³-hybridized carbons (Fsp3) is 0.400. The smallest absolute Gasteiger partial charge is 0.0924 e. The van der Waals surface area contributed by atoms with E-state index in [9.17, 15) is 0 Å². The minimum atomic E-state index is 0.572. The molecule has 0 fully saturated rings. The summed E-state index contributed by atoms with van der Waals surface area (Å²) < 4.78 is 0. The van der Waals surface area contributed by atoms with Gasteiger partial charge in [0.15, 0.2) is 0 Å². The molecule has 0 bridgehead atoms. The van der Waals surface area contributed by atoms with Gasteiger partial charge < -0.3 is 5.32 Å². The minimum absolute atomic E-state index is 0.572. The number of nitrogens with one attached hydrogen (secondary N) is 2. The molecular formula is C15H21N3. The van der Waals surface area contributed by atoms with Crippen LogP contribution >= 0.6 is 0 Å². The Morgan fingerprint density at radius 3 is 2.56 bits per heavy atom. The first-order valence-electron chi connectivity index (χ1n) is 6.56. The van der Waals surface area contributed by atoms with Crippen LogP contribution in [0.3, 0.4) is 0 Å². The number of aromatic amines is 1. The molecule has 3 heteroatoms. The number of aromatic nitrogens is 2. The van der Waals surface area contributed by atoms with E-state index in [4.69, 9.17) is 0 Å². The average Bonchev–Trinajstić information content (AvgIpc) is 2.85. The predicted molar refractivity (Wildman–Crippen MR) is 75.5 cm³/mol. The Hall–Kier alpha value is -1.61. The summed E-state index contributed by atoms with van der Waals surface area (Å²) in [6.45, 7) is 8.32. The molecule has 1 aromatic heterocycles. The van der Waals surface area contributed by atoms with Gasteiger partial charge in [0.25, 0.3) is 0 Å². The van der Waals surface area contributed by atoms with Crippen LogP contribution in [0.15, 0.2) is 30.3 Å². The van der Waals surface area contributed by atoms with Crippen molar-refractivity contribution < 1.29 is 0 Å². The molecule has 1 heterocycles. The predicted octanol–water partition coefficient (Wildman–Crippen LogP) is 3.31. The van der Waals surface area contributed by atoms with Crippen LogP contribution in [0.1, 0.15) is 37.9 Å². The van der Waals surface area contributed by atoms with Gasteiger partial charge in [0, 0.05) is 17.8 Å². The molecule has 0 amide bonds. The van der Waals surface area contributed by atoms with Crippen molar-refractivity contribution >= 4 is 0 Å². The molecule has 0 atom stereocenters. The summed E-state index contributed by atoms with van der Waals surface area (Å²) in [5, 5.41) is 10.7. The van der Waals surface area contributed by atoms with Gasteiger partial charge in [-0.3, -0.25) is 5.10 Å². The Morgan fingerprint density at radius 2 is 1.94 bits per heavy atom. The van der Waals surface area contributed by atoms with Crippen molar-refractivity contribution in [1.29, 1.82) is 0 Å². The SMILES string of the molecule is CCNCc1cc(-c2ccc(C(C)C)cc2)n[nH]1. The normalized spacial score (nSPS) is 11.1. The zero-order valence-corrected chi connectivity index (χ0v) is 11.3. The summed E-state index contributed by atoms with van der Waals surface area (Å²) in [5.74, 6) is 0.572. The van der Waals surface area contributed by atoms with Crippen LogP contribution in [0.5, 0.6) is 0 Å². The Bertz CT molecular complexity index is 483. The van der Waals surface area contributed by atoms with Gasteiger partial charge in [-0.15, -0.1) is 0 Å². The molecule has 0 aliphatic heterocycles. The quantitative estimate of drug-likeness (QED) is 0.846. The van der Waals surface area contributed by atoms with Crippen LogP contribution in [0.2, 0.25) is 0 Å². The molecule has 2 aromatic rings. The second-order valence-corrected chi connectivity index (χ2v) is 4.84. The number of hydrogen-bond acceptors (Lipinski definition) is 2. The van der Waals surface area contributed by atoms with E-state index in [-0.39, 0.29) is 0 Å². The molecule has 2 rings (SSSR count). The van der Waals surface area contributed by atoms with Crippen molar-refractivity contribution in [3.05, 3.63) is 41.6 Å². The Labute approximate surface area is 109 Å². The molecule has 96 valence electrons. The van der Waals surface area contributed by atoms with E-state index in [2.05, 4.69) is 66.6 Å². The fourth-order valence-corrected chi connectivity index (χ4v) is 1.90. The van der Waals surface area contributed by atoms with E-state index >= 15 is 0 Å². The lowest BCUT2D eigenvalue weighted by molar-refractivity contribution is 0.707. The molecule has 0 radical (unpaired) electrons. The van der Waals surface area contributed by atoms with Crippen LogP contribution in [0, 0.1) is 0 Å². The molecular weight excluding hydrogens is 222 g/mol. The largest absolute Gasteiger partial charge is 0.311 e. The van der Waals surface area contributed by atoms with Gasteiger partial charge >= 0.3 is 0 Å². The van der Waals surface area contributed by atoms with E-state index in [1.807, 2.05) is 0 Å². The third-order valence-corrected chi connectivity index (χ3v) is 3.07. The summed E-state index contributed by atoms with van der Waals surface area (Å²) >= 11 is 0. The summed E-state index contributed by atoms with van der Waals surface area (Å²) in [4.78, 5) is 0. The lowest BCUT2D eigenvalue weighted by Gasteiger charge is -2.05. The highest BCUT2D eigenvalue weighted by Crippen LogP contribution is 2.21. The van der Waals surface area contributed by atoms with Crippen molar-refractivity contribution in [3.63, 3.8) is 0 Å². The van der Waals surface area contributed by atoms with Crippen molar-refractivity contribution in [2.75, 3.05) is 6.54 Å². The molecule has 0 aliphatic carbocycles. The van der Waals surface area contributed by atoms with E-state index < -0.39 is 0 Å². The summed E-state index contributed by atoms with van der Waals surface area (Å²) in [6, 6.07) is 10.7. The second-order valence-electron chi connectivity index (χ2n) is 4.84. The highest BCUT2D eigenvalue weighted by Gasteiger charge is 2.04. The summed E-state index contributed by atoms with van der Waals surface area (Å²) in [6.07, 6.45) is 0. The van der Waals surface area contributed by atoms with Crippen molar-refractivity contribution in [1.82, 2.24) is 15.5 Å². The first-order chi connectivity index (χ1) is 8.70. The van der Waals surface area contributed by atoms with Gasteiger partial charge in [-0.25, -0.2) is 0 Å². The fourth-order valence-electron chi connectivity index (χ4n) is 1.90. The van der Waals surface area contributed by atoms with E-state index in [0.29, 0.717) is 5.92 Å². The molecule has 0 saturated heterocycles. The van der Waals surface area contributed by atoms with Gasteiger partial charge in [-0.05, 0) is 24.1 Å². The highest BCUT2D eigenvalue weighted by molar-refractivity contribution is 5.59. The molecule has 0 spiro atoms. The van der Waals surface area contributed by atoms with Crippen LogP contribution in [0.25, 0.3) is 11.3 Å². The number of benzene rings is 1. The lowest BCUT2D eigenvalue weighted by atomic mass is 10.0. The average molecular weight is 243 g/mol. The van der Waals surface area contributed by atoms with Crippen LogP contribution in [-0.4, -0.2) is 16.7 Å². The Morgan fingerprint density at radius 1 is 1.22 bits per heavy atom. The van der Waals surface area contributed by atoms with Gasteiger partial charge in [-0.1, -0.05) is 45.0 Å². The van der Waals surface area contributed by atoms with Crippen LogP contribution in [0.4, 0.5) is 0 Å². The van der Waals surface area contributed by atoms with E-state index in [0.717, 1.165) is 24.5 Å². The number of hydrogen-bond donors (Lipinski definition) is 2. The zero-order valence-electron chi connectivity index (χ0n) is 11.3. The summed E-state index contributed by atoms with van der Waals surface area (Å²) in [7, 11) is 0. The Kier molecular flexibility index (Phi) is 4.15. The van der Waals surface area contributed by atoms with Crippen molar-refractivity contribution in [3.8, 4) is 11.3 Å². The van der Waals surface area contributed by atoms with Gasteiger partial charge in [-0.2, -0.15) is 5.10 Å². The molecule has 3 nitrogen and oxygen atoms in total. The molecule has 0 saturated carbocycles. The van der Waals surface area contributed by atoms with Crippen molar-refractivity contribution in [2.45, 2.75) is 33.2 Å². The van der Waals surface area contributed by atoms with Gasteiger partial charge in [0.1, 0.15) is 0 Å². The molecule has 1 aromatic carbocycles. The highest BCUT2D eigenvalue weighted by atomic mass is 15.1. The second kappa shape index (κ2) is 5.83. The molecule has 2 N–H and O–H groups in total. The topological polar surface area (TPSA) is 40.7 Å². The van der Waals surface area contributed by atoms with Crippen LogP contribution in [-0.2, 0) is 6.54 Å². The third-order valence-electron chi connectivity index (χ3n) is 3.07. The number of H-pyrrole nitrogens is 1. The number of nitrogens with zero attached hydrogens (tertiary/aromatic N) is 1. The first-order valence-corrected chi connectivity index (χ1v) is 6.56. The van der Waals surface area contributed by atoms with Crippen LogP contribution < -0.4 is 5.32 Å². The monoisotopic (exact) mass is 243 g/mol. The van der Waals surface area contributed by atoms with Gasteiger partial charge in [0.05, 0.1) is 5.69 Å². The van der Waals surface area contributed by atoms with Crippen molar-refractivity contribution in [2.24, 2.45) is 0 Å². The number of rotatable bonds is 5. The maximum atomic E-state index is 4.35. The third kappa shape index (κ3) is 2.99. The molecule has 0 aliphatic rings. The van der Waals surface area contributed by atoms with E-state index in [1.54, 1.807) is 0 Å². The van der Waals surface area contributed by atoms with E-state index in [1.165, 1.54) is 11.1 Å². The zero-order chi connectivity index (χ0) is 13.0. The lowest BCUT2D eigenvalue weighted by Crippen LogP contribution is -2.11. The first kappa shape index (κ1) is 12.8. The summed E-state index contributed by atoms with van der Waals surface area (Å²) in [5.41, 5.74) is 4.67. The standard InChI is InChI=1S/C15H21N3/c1-4-16-10-14-9-15(18-17-14)13-7-5-12(6-8-13)11(2)3/h5-9,11,16H,4,10H2,1-3H3,(H,17,18). The minimum Gasteiger partial charge on any atom is -0.311 e. The Balaban J connectivity index is 2.13. The molecule has 0 unspecified atom stereocenters.